The van der Waals surface area contributed by atoms with E-state index in [2.05, 4.69) is 15.2 Å². The van der Waals surface area contributed by atoms with Crippen molar-refractivity contribution in [2.24, 2.45) is 0 Å². The van der Waals surface area contributed by atoms with Gasteiger partial charge in [0.1, 0.15) is 6.04 Å². The fourth-order valence-corrected chi connectivity index (χ4v) is 3.43. The largest absolute Gasteiger partial charge is 0.383 e. The van der Waals surface area contributed by atoms with E-state index in [9.17, 15) is 4.79 Å². The zero-order valence-corrected chi connectivity index (χ0v) is 15.2. The second-order valence-electron chi connectivity index (χ2n) is 6.50. The molecule has 0 radical (unpaired) electrons. The van der Waals surface area contributed by atoms with Gasteiger partial charge >= 0.3 is 0 Å². The average Bonchev–Trinajstić information content (AvgIpc) is 3.14. The Bertz CT molecular complexity index is 911. The van der Waals surface area contributed by atoms with E-state index in [1.807, 2.05) is 47.0 Å². The minimum Gasteiger partial charge on any atom is -0.383 e. The van der Waals surface area contributed by atoms with Gasteiger partial charge in [-0.1, -0.05) is 30.3 Å². The van der Waals surface area contributed by atoms with Crippen LogP contribution in [0.4, 0.5) is 0 Å². The van der Waals surface area contributed by atoms with E-state index in [1.165, 1.54) is 0 Å². The van der Waals surface area contributed by atoms with E-state index in [1.54, 1.807) is 24.4 Å². The quantitative estimate of drug-likeness (QED) is 0.671. The summed E-state index contributed by atoms with van der Waals surface area (Å²) in [4.78, 5) is 19.1. The molecule has 3 heterocycles. The van der Waals surface area contributed by atoms with E-state index in [0.717, 1.165) is 17.0 Å². The predicted molar refractivity (Wildman–Crippen MR) is 99.7 cm³/mol. The molecule has 0 unspecified atom stereocenters. The highest BCUT2D eigenvalue weighted by Gasteiger charge is 2.36. The molecule has 3 aromatic rings. The predicted octanol–water partition coefficient (Wildman–Crippen LogP) is 2.11. The summed E-state index contributed by atoms with van der Waals surface area (Å²) >= 11 is 0. The van der Waals surface area contributed by atoms with Crippen LogP contribution in [-0.4, -0.2) is 50.8 Å². The molecular formula is C20H21N5O2. The smallest absolute Gasteiger partial charge is 0.246 e. The number of amides is 1. The standard InChI is InChI=1S/C20H21N5O2/c1-27-12-11-24-14-18-22-23-19(16-7-9-21-10-8-16)25(18)17(20(24)26)13-15-5-3-2-4-6-15/h2-10,17H,11-14H2,1H3/t17-/m1/s1. The minimum atomic E-state index is -0.383. The van der Waals surface area contributed by atoms with Gasteiger partial charge in [-0.3, -0.25) is 14.3 Å². The van der Waals surface area contributed by atoms with Crippen LogP contribution in [0.25, 0.3) is 11.4 Å². The van der Waals surface area contributed by atoms with Crippen molar-refractivity contribution >= 4 is 5.91 Å². The lowest BCUT2D eigenvalue weighted by Crippen LogP contribution is -2.45. The average molecular weight is 363 g/mol. The van der Waals surface area contributed by atoms with Gasteiger partial charge in [-0.05, 0) is 17.7 Å². The Morgan fingerprint density at radius 1 is 1.11 bits per heavy atom. The highest BCUT2D eigenvalue weighted by atomic mass is 16.5. The Morgan fingerprint density at radius 3 is 2.63 bits per heavy atom. The first-order valence-corrected chi connectivity index (χ1v) is 8.93. The van der Waals surface area contributed by atoms with Gasteiger partial charge in [0.05, 0.1) is 13.2 Å². The maximum absolute atomic E-state index is 13.3. The highest BCUT2D eigenvalue weighted by molar-refractivity contribution is 5.82. The number of hydrogen-bond acceptors (Lipinski definition) is 5. The zero-order chi connectivity index (χ0) is 18.6. The molecule has 138 valence electrons. The Balaban J connectivity index is 1.75. The number of aromatic nitrogens is 4. The molecule has 0 N–H and O–H groups in total. The molecule has 1 amide bonds. The van der Waals surface area contributed by atoms with Crippen LogP contribution in [0, 0.1) is 0 Å². The van der Waals surface area contributed by atoms with E-state index in [0.29, 0.717) is 31.9 Å². The van der Waals surface area contributed by atoms with Gasteiger partial charge in [0, 0.05) is 38.0 Å². The molecule has 27 heavy (non-hydrogen) atoms. The van der Waals surface area contributed by atoms with Gasteiger partial charge in [-0.2, -0.15) is 0 Å². The number of hydrogen-bond donors (Lipinski definition) is 0. The van der Waals surface area contributed by atoms with Crippen molar-refractivity contribution in [1.29, 1.82) is 0 Å². The first-order chi connectivity index (χ1) is 13.3. The van der Waals surface area contributed by atoms with Crippen LogP contribution < -0.4 is 0 Å². The third-order valence-corrected chi connectivity index (χ3v) is 4.78. The Morgan fingerprint density at radius 2 is 1.89 bits per heavy atom. The van der Waals surface area contributed by atoms with Crippen molar-refractivity contribution in [3.05, 3.63) is 66.2 Å². The lowest BCUT2D eigenvalue weighted by Gasteiger charge is -2.33. The SMILES string of the molecule is COCCN1Cc2nnc(-c3ccncc3)n2[C@H](Cc2ccccc2)C1=O. The maximum Gasteiger partial charge on any atom is 0.246 e. The molecule has 0 saturated heterocycles. The van der Waals surface area contributed by atoms with E-state index >= 15 is 0 Å². The monoisotopic (exact) mass is 363 g/mol. The van der Waals surface area contributed by atoms with Crippen molar-refractivity contribution in [2.45, 2.75) is 19.0 Å². The van der Waals surface area contributed by atoms with Crippen molar-refractivity contribution in [2.75, 3.05) is 20.3 Å². The number of fused-ring (bicyclic) bond motifs is 1. The van der Waals surface area contributed by atoms with E-state index in [4.69, 9.17) is 4.74 Å². The van der Waals surface area contributed by atoms with Gasteiger partial charge in [0.2, 0.25) is 5.91 Å². The normalized spacial score (nSPS) is 16.4. The first-order valence-electron chi connectivity index (χ1n) is 8.93. The summed E-state index contributed by atoms with van der Waals surface area (Å²) in [6.07, 6.45) is 4.03. The van der Waals surface area contributed by atoms with Gasteiger partial charge < -0.3 is 9.64 Å². The molecule has 1 aliphatic rings. The van der Waals surface area contributed by atoms with E-state index in [-0.39, 0.29) is 11.9 Å². The van der Waals surface area contributed by atoms with Crippen LogP contribution in [0.2, 0.25) is 0 Å². The third-order valence-electron chi connectivity index (χ3n) is 4.78. The molecule has 2 aromatic heterocycles. The molecular weight excluding hydrogens is 342 g/mol. The number of pyridine rings is 1. The maximum atomic E-state index is 13.3. The summed E-state index contributed by atoms with van der Waals surface area (Å²) in [7, 11) is 1.64. The fourth-order valence-electron chi connectivity index (χ4n) is 3.43. The Hall–Kier alpha value is -3.06. The number of nitrogens with zero attached hydrogens (tertiary/aromatic N) is 5. The summed E-state index contributed by atoms with van der Waals surface area (Å²) in [6.45, 7) is 1.47. The zero-order valence-electron chi connectivity index (χ0n) is 15.2. The van der Waals surface area contributed by atoms with Crippen LogP contribution in [0.3, 0.4) is 0 Å². The molecule has 1 aromatic carbocycles. The van der Waals surface area contributed by atoms with Crippen molar-refractivity contribution < 1.29 is 9.53 Å². The first kappa shape index (κ1) is 17.4. The molecule has 0 saturated carbocycles. The molecule has 0 bridgehead atoms. The van der Waals surface area contributed by atoms with E-state index < -0.39 is 0 Å². The molecule has 0 fully saturated rings. The Kier molecular flexibility index (Phi) is 4.93. The lowest BCUT2D eigenvalue weighted by molar-refractivity contribution is -0.138. The van der Waals surface area contributed by atoms with Crippen molar-refractivity contribution in [3.63, 3.8) is 0 Å². The molecule has 0 spiro atoms. The van der Waals surface area contributed by atoms with Gasteiger partial charge in [-0.25, -0.2) is 0 Å². The highest BCUT2D eigenvalue weighted by Crippen LogP contribution is 2.30. The Labute approximate surface area is 157 Å². The number of benzene rings is 1. The lowest BCUT2D eigenvalue weighted by atomic mass is 10.0. The number of methoxy groups -OCH3 is 1. The van der Waals surface area contributed by atoms with Gasteiger partial charge in [0.15, 0.2) is 11.6 Å². The molecule has 0 aliphatic carbocycles. The topological polar surface area (TPSA) is 73.1 Å². The molecule has 7 heteroatoms. The summed E-state index contributed by atoms with van der Waals surface area (Å²) in [5.41, 5.74) is 2.00. The summed E-state index contributed by atoms with van der Waals surface area (Å²) in [5, 5.41) is 8.76. The number of ether oxygens (including phenoxy) is 1. The summed E-state index contributed by atoms with van der Waals surface area (Å²) < 4.78 is 7.15. The van der Waals surface area contributed by atoms with Gasteiger partial charge in [0.25, 0.3) is 0 Å². The minimum absolute atomic E-state index is 0.0681. The number of rotatable bonds is 6. The molecule has 7 nitrogen and oxygen atoms in total. The molecule has 1 atom stereocenters. The van der Waals surface area contributed by atoms with Gasteiger partial charge in [-0.15, -0.1) is 10.2 Å². The number of carbonyl (C=O) groups is 1. The molecule has 1 aliphatic heterocycles. The van der Waals surface area contributed by atoms with Crippen LogP contribution >= 0.6 is 0 Å². The van der Waals surface area contributed by atoms with Crippen LogP contribution in [0.1, 0.15) is 17.4 Å². The van der Waals surface area contributed by atoms with Crippen molar-refractivity contribution in [3.8, 4) is 11.4 Å². The molecule has 4 rings (SSSR count). The van der Waals surface area contributed by atoms with Crippen LogP contribution in [0.5, 0.6) is 0 Å². The van der Waals surface area contributed by atoms with Crippen LogP contribution in [-0.2, 0) is 22.5 Å². The van der Waals surface area contributed by atoms with Crippen LogP contribution in [0.15, 0.2) is 54.9 Å². The number of carbonyl (C=O) groups excluding carboxylic acids is 1. The fraction of sp³-hybridized carbons (Fsp3) is 0.300. The summed E-state index contributed by atoms with van der Waals surface area (Å²) in [6, 6.07) is 13.4. The second kappa shape index (κ2) is 7.67. The third kappa shape index (κ3) is 3.46. The van der Waals surface area contributed by atoms with Crippen molar-refractivity contribution in [1.82, 2.24) is 24.6 Å². The summed E-state index contributed by atoms with van der Waals surface area (Å²) in [5.74, 6) is 1.56. The second-order valence-corrected chi connectivity index (χ2v) is 6.50.